The molecule has 3 nitrogen and oxygen atoms in total. The van der Waals surface area contributed by atoms with Crippen LogP contribution in [0.1, 0.15) is 57.2 Å². The molecule has 0 aliphatic carbocycles. The summed E-state index contributed by atoms with van der Waals surface area (Å²) in [5.41, 5.74) is 1.32. The number of rotatable bonds is 6. The van der Waals surface area contributed by atoms with Gasteiger partial charge in [0.15, 0.2) is 0 Å². The van der Waals surface area contributed by atoms with Crippen LogP contribution in [-0.4, -0.2) is 16.7 Å². The molecule has 0 saturated heterocycles. The van der Waals surface area contributed by atoms with Crippen LogP contribution in [-0.2, 0) is 5.41 Å². The van der Waals surface area contributed by atoms with E-state index in [2.05, 4.69) is 24.9 Å². The minimum absolute atomic E-state index is 0.0151. The summed E-state index contributed by atoms with van der Waals surface area (Å²) in [4.78, 5) is 4.45. The zero-order chi connectivity index (χ0) is 13.6. The summed E-state index contributed by atoms with van der Waals surface area (Å²) in [6.45, 7) is 6.30. The fourth-order valence-corrected chi connectivity index (χ4v) is 2.20. The fraction of sp³-hybridized carbons (Fsp3) is 0.600. The van der Waals surface area contributed by atoms with Crippen molar-refractivity contribution in [3.8, 4) is 6.07 Å². The standard InChI is InChI=1S/C15H22N2O/c1-4-7-15(11-16,8-9-18)14-6-5-13(10-17-14)12(2)3/h5-6,10,12,18H,4,7-9H2,1-3H3. The number of nitriles is 1. The molecule has 3 heteroatoms. The molecule has 1 rings (SSSR count). The van der Waals surface area contributed by atoms with Gasteiger partial charge in [0.1, 0.15) is 5.41 Å². The molecule has 0 aliphatic heterocycles. The van der Waals surface area contributed by atoms with Gasteiger partial charge >= 0.3 is 0 Å². The second-order valence-electron chi connectivity index (χ2n) is 5.05. The molecular formula is C15H22N2O. The molecule has 1 unspecified atom stereocenters. The van der Waals surface area contributed by atoms with Crippen LogP contribution in [0.15, 0.2) is 18.3 Å². The monoisotopic (exact) mass is 246 g/mol. The van der Waals surface area contributed by atoms with Gasteiger partial charge in [-0.15, -0.1) is 0 Å². The molecule has 1 heterocycles. The van der Waals surface area contributed by atoms with Crippen LogP contribution in [0.25, 0.3) is 0 Å². The summed E-state index contributed by atoms with van der Waals surface area (Å²) in [5.74, 6) is 0.437. The summed E-state index contributed by atoms with van der Waals surface area (Å²) in [5, 5.41) is 18.7. The Hall–Kier alpha value is -1.40. The summed E-state index contributed by atoms with van der Waals surface area (Å²) in [7, 11) is 0. The molecule has 0 radical (unpaired) electrons. The molecule has 1 N–H and O–H groups in total. The van der Waals surface area contributed by atoms with E-state index in [0.717, 1.165) is 18.5 Å². The number of aliphatic hydroxyl groups is 1. The minimum Gasteiger partial charge on any atom is -0.396 e. The van der Waals surface area contributed by atoms with E-state index in [9.17, 15) is 10.4 Å². The van der Waals surface area contributed by atoms with E-state index in [1.807, 2.05) is 25.3 Å². The molecule has 1 aromatic heterocycles. The number of nitrogens with zero attached hydrogens (tertiary/aromatic N) is 2. The highest BCUT2D eigenvalue weighted by atomic mass is 16.3. The Kier molecular flexibility index (Phi) is 5.30. The first-order valence-electron chi connectivity index (χ1n) is 6.58. The van der Waals surface area contributed by atoms with E-state index in [1.54, 1.807) is 0 Å². The maximum absolute atomic E-state index is 9.47. The van der Waals surface area contributed by atoms with E-state index < -0.39 is 5.41 Å². The Balaban J connectivity index is 3.09. The number of pyridine rings is 1. The van der Waals surface area contributed by atoms with Gasteiger partial charge in [-0.25, -0.2) is 0 Å². The molecule has 1 atom stereocenters. The molecule has 98 valence electrons. The molecule has 0 amide bonds. The molecule has 0 aliphatic rings. The lowest BCUT2D eigenvalue weighted by Crippen LogP contribution is -2.26. The van der Waals surface area contributed by atoms with Gasteiger partial charge in [0.05, 0.1) is 11.8 Å². The van der Waals surface area contributed by atoms with Crippen molar-refractivity contribution in [1.82, 2.24) is 4.98 Å². The Morgan fingerprint density at radius 1 is 1.39 bits per heavy atom. The van der Waals surface area contributed by atoms with Gasteiger partial charge in [0, 0.05) is 12.8 Å². The highest BCUT2D eigenvalue weighted by molar-refractivity contribution is 5.29. The van der Waals surface area contributed by atoms with Crippen LogP contribution >= 0.6 is 0 Å². The zero-order valence-corrected chi connectivity index (χ0v) is 11.5. The largest absolute Gasteiger partial charge is 0.396 e. The maximum atomic E-state index is 9.47. The summed E-state index contributed by atoms with van der Waals surface area (Å²) in [6.07, 6.45) is 3.93. The SMILES string of the molecule is CCCC(C#N)(CCO)c1ccc(C(C)C)cn1. The van der Waals surface area contributed by atoms with Gasteiger partial charge in [-0.3, -0.25) is 4.98 Å². The van der Waals surface area contributed by atoms with Crippen molar-refractivity contribution in [3.63, 3.8) is 0 Å². The highest BCUT2D eigenvalue weighted by Gasteiger charge is 2.32. The molecule has 1 aromatic rings. The van der Waals surface area contributed by atoms with Crippen molar-refractivity contribution < 1.29 is 5.11 Å². The van der Waals surface area contributed by atoms with Crippen LogP contribution in [0.4, 0.5) is 0 Å². The van der Waals surface area contributed by atoms with E-state index in [1.165, 1.54) is 5.56 Å². The molecule has 0 spiro atoms. The van der Waals surface area contributed by atoms with Crippen LogP contribution in [0.2, 0.25) is 0 Å². The molecule has 0 bridgehead atoms. The first kappa shape index (κ1) is 14.7. The zero-order valence-electron chi connectivity index (χ0n) is 11.5. The first-order valence-corrected chi connectivity index (χ1v) is 6.58. The Morgan fingerprint density at radius 3 is 2.50 bits per heavy atom. The average Bonchev–Trinajstić information content (AvgIpc) is 2.38. The Labute approximate surface area is 109 Å². The minimum atomic E-state index is -0.640. The number of aliphatic hydroxyl groups excluding tert-OH is 1. The van der Waals surface area contributed by atoms with Crippen molar-refractivity contribution in [2.75, 3.05) is 6.61 Å². The highest BCUT2D eigenvalue weighted by Crippen LogP contribution is 2.31. The molecule has 0 fully saturated rings. The number of hydrogen-bond acceptors (Lipinski definition) is 3. The van der Waals surface area contributed by atoms with Crippen LogP contribution in [0.5, 0.6) is 0 Å². The maximum Gasteiger partial charge on any atom is 0.101 e. The smallest absolute Gasteiger partial charge is 0.101 e. The summed E-state index contributed by atoms with van der Waals surface area (Å²) in [6, 6.07) is 6.33. The van der Waals surface area contributed by atoms with Crippen molar-refractivity contribution in [2.45, 2.75) is 51.4 Å². The van der Waals surface area contributed by atoms with Gasteiger partial charge in [0.25, 0.3) is 0 Å². The normalized spacial score (nSPS) is 14.2. The predicted octanol–water partition coefficient (Wildman–Crippen LogP) is 3.15. The quantitative estimate of drug-likeness (QED) is 0.838. The van der Waals surface area contributed by atoms with Gasteiger partial charge in [0.2, 0.25) is 0 Å². The second-order valence-corrected chi connectivity index (χ2v) is 5.05. The van der Waals surface area contributed by atoms with Gasteiger partial charge in [-0.1, -0.05) is 33.3 Å². The van der Waals surface area contributed by atoms with Crippen LogP contribution in [0, 0.1) is 11.3 Å². The molecule has 0 saturated carbocycles. The number of hydrogen-bond donors (Lipinski definition) is 1. The van der Waals surface area contributed by atoms with Gasteiger partial charge < -0.3 is 5.11 Å². The Morgan fingerprint density at radius 2 is 2.11 bits per heavy atom. The predicted molar refractivity (Wildman–Crippen MR) is 72.2 cm³/mol. The van der Waals surface area contributed by atoms with Crippen molar-refractivity contribution >= 4 is 0 Å². The number of aromatic nitrogens is 1. The first-order chi connectivity index (χ1) is 8.59. The summed E-state index contributed by atoms with van der Waals surface area (Å²) < 4.78 is 0. The average molecular weight is 246 g/mol. The van der Waals surface area contributed by atoms with Gasteiger partial charge in [-0.05, 0) is 30.4 Å². The Bertz CT molecular complexity index is 397. The van der Waals surface area contributed by atoms with Crippen molar-refractivity contribution in [1.29, 1.82) is 5.26 Å². The second kappa shape index (κ2) is 6.51. The lowest BCUT2D eigenvalue weighted by molar-refractivity contribution is 0.251. The summed E-state index contributed by atoms with van der Waals surface area (Å²) >= 11 is 0. The van der Waals surface area contributed by atoms with Crippen LogP contribution < -0.4 is 0 Å². The third-order valence-corrected chi connectivity index (χ3v) is 3.37. The third-order valence-electron chi connectivity index (χ3n) is 3.37. The topological polar surface area (TPSA) is 56.9 Å². The van der Waals surface area contributed by atoms with E-state index in [4.69, 9.17) is 0 Å². The molecular weight excluding hydrogens is 224 g/mol. The molecule has 18 heavy (non-hydrogen) atoms. The van der Waals surface area contributed by atoms with Gasteiger partial charge in [-0.2, -0.15) is 5.26 Å². The third kappa shape index (κ3) is 3.08. The van der Waals surface area contributed by atoms with Crippen molar-refractivity contribution in [3.05, 3.63) is 29.6 Å². The molecule has 0 aromatic carbocycles. The fourth-order valence-electron chi connectivity index (χ4n) is 2.20. The lowest BCUT2D eigenvalue weighted by Gasteiger charge is -2.25. The lowest BCUT2D eigenvalue weighted by atomic mass is 9.78. The van der Waals surface area contributed by atoms with E-state index >= 15 is 0 Å². The van der Waals surface area contributed by atoms with Crippen LogP contribution in [0.3, 0.4) is 0 Å². The van der Waals surface area contributed by atoms with E-state index in [-0.39, 0.29) is 6.61 Å². The van der Waals surface area contributed by atoms with E-state index in [0.29, 0.717) is 12.3 Å². The van der Waals surface area contributed by atoms with Crippen molar-refractivity contribution in [2.24, 2.45) is 0 Å².